The lowest BCUT2D eigenvalue weighted by molar-refractivity contribution is -0.119. The largest absolute Gasteiger partial charge is 0.338 e. The number of benzene rings is 1. The molecule has 1 aromatic carbocycles. The molecule has 122 valence electrons. The lowest BCUT2D eigenvalue weighted by Gasteiger charge is -2.25. The SMILES string of the molecule is N#CSc1ccc2nc(N[C@@H](NC(=O)CCl)C(Cl)(Cl)Cl)sc2c1. The van der Waals surface area contributed by atoms with Crippen molar-refractivity contribution < 1.29 is 4.79 Å². The van der Waals surface area contributed by atoms with E-state index in [1.165, 1.54) is 11.3 Å². The molecule has 1 atom stereocenters. The summed E-state index contributed by atoms with van der Waals surface area (Å²) in [6.07, 6.45) is -0.993. The number of fused-ring (bicyclic) bond motifs is 1. The molecular formula is C12H8Cl4N4OS2. The summed E-state index contributed by atoms with van der Waals surface area (Å²) < 4.78 is -0.930. The Hall–Kier alpha value is -0.620. The molecule has 2 N–H and O–H groups in total. The molecule has 0 aliphatic carbocycles. The number of rotatable bonds is 5. The van der Waals surface area contributed by atoms with Crippen LogP contribution in [0.25, 0.3) is 10.2 Å². The van der Waals surface area contributed by atoms with Crippen molar-refractivity contribution in [2.24, 2.45) is 0 Å². The summed E-state index contributed by atoms with van der Waals surface area (Å²) in [5, 5.41) is 16.5. The van der Waals surface area contributed by atoms with E-state index in [1.54, 1.807) is 12.1 Å². The molecule has 0 saturated heterocycles. The Labute approximate surface area is 160 Å². The molecule has 1 amide bonds. The molecule has 0 spiro atoms. The first kappa shape index (κ1) is 18.7. The van der Waals surface area contributed by atoms with E-state index < -0.39 is 15.9 Å². The fraction of sp³-hybridized carbons (Fsp3) is 0.250. The van der Waals surface area contributed by atoms with Crippen molar-refractivity contribution in [1.29, 1.82) is 5.26 Å². The Bertz CT molecular complexity index is 756. The van der Waals surface area contributed by atoms with Crippen LogP contribution < -0.4 is 10.6 Å². The second kappa shape index (κ2) is 7.97. The lowest BCUT2D eigenvalue weighted by Crippen LogP contribution is -2.49. The number of halogens is 4. The van der Waals surface area contributed by atoms with Crippen LogP contribution in [0, 0.1) is 10.7 Å². The average molecular weight is 430 g/mol. The van der Waals surface area contributed by atoms with Crippen molar-refractivity contribution >= 4 is 90.8 Å². The highest BCUT2D eigenvalue weighted by Gasteiger charge is 2.34. The van der Waals surface area contributed by atoms with E-state index in [2.05, 4.69) is 15.6 Å². The van der Waals surface area contributed by atoms with Gasteiger partial charge in [-0.1, -0.05) is 46.1 Å². The number of carbonyl (C=O) groups is 1. The number of anilines is 1. The number of thiazole rings is 1. The number of carbonyl (C=O) groups excluding carboxylic acids is 1. The number of thioether (sulfide) groups is 1. The Morgan fingerprint density at radius 3 is 2.83 bits per heavy atom. The summed E-state index contributed by atoms with van der Waals surface area (Å²) in [4.78, 5) is 16.6. The molecule has 0 aliphatic rings. The quantitative estimate of drug-likeness (QED) is 0.320. The molecule has 0 unspecified atom stereocenters. The van der Waals surface area contributed by atoms with Gasteiger partial charge in [0.15, 0.2) is 5.13 Å². The minimum atomic E-state index is -1.79. The zero-order valence-corrected chi connectivity index (χ0v) is 15.8. The van der Waals surface area contributed by atoms with Gasteiger partial charge < -0.3 is 10.6 Å². The number of hydrogen-bond acceptors (Lipinski definition) is 6. The smallest absolute Gasteiger partial charge is 0.236 e. The van der Waals surface area contributed by atoms with E-state index in [0.29, 0.717) is 5.13 Å². The molecular weight excluding hydrogens is 422 g/mol. The van der Waals surface area contributed by atoms with E-state index in [9.17, 15) is 4.79 Å². The average Bonchev–Trinajstić information content (AvgIpc) is 2.87. The zero-order valence-electron chi connectivity index (χ0n) is 11.1. The molecule has 1 aromatic heterocycles. The molecule has 1 heterocycles. The molecule has 0 radical (unpaired) electrons. The molecule has 2 rings (SSSR count). The van der Waals surface area contributed by atoms with Gasteiger partial charge in [-0.2, -0.15) is 5.26 Å². The normalized spacial score (nSPS) is 12.7. The minimum absolute atomic E-state index is 0.256. The van der Waals surface area contributed by atoms with Crippen molar-refractivity contribution in [3.05, 3.63) is 18.2 Å². The van der Waals surface area contributed by atoms with E-state index in [4.69, 9.17) is 51.7 Å². The fourth-order valence-electron chi connectivity index (χ4n) is 1.61. The first-order valence-corrected chi connectivity index (χ1v) is 9.28. The summed E-state index contributed by atoms with van der Waals surface area (Å²) in [5.74, 6) is -0.739. The maximum Gasteiger partial charge on any atom is 0.236 e. The monoisotopic (exact) mass is 428 g/mol. The van der Waals surface area contributed by atoms with Gasteiger partial charge in [-0.15, -0.1) is 11.6 Å². The van der Waals surface area contributed by atoms with Crippen LogP contribution in [-0.4, -0.2) is 26.7 Å². The Kier molecular flexibility index (Phi) is 6.48. The second-order valence-corrected chi connectivity index (χ2v) is 8.69. The molecule has 0 aliphatic heterocycles. The zero-order chi connectivity index (χ0) is 17.0. The van der Waals surface area contributed by atoms with Gasteiger partial charge in [-0.3, -0.25) is 4.79 Å². The third-order valence-corrected chi connectivity index (χ3v) is 4.97. The van der Waals surface area contributed by atoms with Gasteiger partial charge in [0, 0.05) is 4.90 Å². The van der Waals surface area contributed by atoms with Gasteiger partial charge in [-0.05, 0) is 30.0 Å². The molecule has 0 fully saturated rings. The first-order valence-electron chi connectivity index (χ1n) is 5.98. The van der Waals surface area contributed by atoms with Crippen LogP contribution in [0.3, 0.4) is 0 Å². The number of aromatic nitrogens is 1. The molecule has 5 nitrogen and oxygen atoms in total. The first-order chi connectivity index (χ1) is 10.8. The van der Waals surface area contributed by atoms with Gasteiger partial charge in [0.2, 0.25) is 9.70 Å². The number of hydrogen-bond donors (Lipinski definition) is 2. The van der Waals surface area contributed by atoms with Crippen LogP contribution in [0.1, 0.15) is 0 Å². The molecule has 2 aromatic rings. The van der Waals surface area contributed by atoms with Gasteiger partial charge in [0.1, 0.15) is 17.4 Å². The van der Waals surface area contributed by atoms with E-state index in [1.807, 2.05) is 11.5 Å². The van der Waals surface area contributed by atoms with Gasteiger partial charge in [-0.25, -0.2) is 4.98 Å². The third kappa shape index (κ3) is 5.18. The topological polar surface area (TPSA) is 77.8 Å². The maximum absolute atomic E-state index is 11.4. The number of nitrogens with one attached hydrogen (secondary N) is 2. The van der Waals surface area contributed by atoms with Gasteiger partial charge >= 0.3 is 0 Å². The van der Waals surface area contributed by atoms with E-state index in [-0.39, 0.29) is 5.88 Å². The highest BCUT2D eigenvalue weighted by molar-refractivity contribution is 8.03. The van der Waals surface area contributed by atoms with Crippen LogP contribution in [-0.2, 0) is 4.79 Å². The Balaban J connectivity index is 2.24. The molecule has 23 heavy (non-hydrogen) atoms. The molecule has 0 saturated carbocycles. The highest BCUT2D eigenvalue weighted by Crippen LogP contribution is 2.34. The summed E-state index contributed by atoms with van der Waals surface area (Å²) >= 11 is 25.4. The third-order valence-electron chi connectivity index (χ3n) is 2.55. The predicted molar refractivity (Wildman–Crippen MR) is 97.7 cm³/mol. The minimum Gasteiger partial charge on any atom is -0.338 e. The van der Waals surface area contributed by atoms with Crippen molar-refractivity contribution in [2.75, 3.05) is 11.2 Å². The number of alkyl halides is 4. The van der Waals surface area contributed by atoms with Crippen molar-refractivity contribution in [3.63, 3.8) is 0 Å². The predicted octanol–water partition coefficient (Wildman–Crippen LogP) is 4.33. The fourth-order valence-corrected chi connectivity index (χ4v) is 3.44. The van der Waals surface area contributed by atoms with Crippen molar-refractivity contribution in [1.82, 2.24) is 10.3 Å². The van der Waals surface area contributed by atoms with Crippen LogP contribution in [0.5, 0.6) is 0 Å². The van der Waals surface area contributed by atoms with E-state index >= 15 is 0 Å². The van der Waals surface area contributed by atoms with Gasteiger partial charge in [0.25, 0.3) is 0 Å². The van der Waals surface area contributed by atoms with E-state index in [0.717, 1.165) is 26.9 Å². The van der Waals surface area contributed by atoms with Crippen molar-refractivity contribution in [3.8, 4) is 5.40 Å². The summed E-state index contributed by atoms with van der Waals surface area (Å²) in [6, 6.07) is 5.42. The molecule has 11 heteroatoms. The Morgan fingerprint density at radius 2 is 2.22 bits per heavy atom. The van der Waals surface area contributed by atoms with Crippen LogP contribution in [0.15, 0.2) is 23.1 Å². The summed E-state index contributed by atoms with van der Waals surface area (Å²) in [5.41, 5.74) is 0.728. The second-order valence-electron chi connectivity index (χ2n) is 4.16. The maximum atomic E-state index is 11.4. The van der Waals surface area contributed by atoms with Crippen LogP contribution >= 0.6 is 69.5 Å². The number of thiocyanates is 1. The highest BCUT2D eigenvalue weighted by atomic mass is 35.6. The summed E-state index contributed by atoms with van der Waals surface area (Å²) in [7, 11) is 0. The number of nitriles is 1. The molecule has 0 bridgehead atoms. The number of nitrogens with zero attached hydrogens (tertiary/aromatic N) is 2. The lowest BCUT2D eigenvalue weighted by atomic mass is 10.3. The summed E-state index contributed by atoms with van der Waals surface area (Å²) in [6.45, 7) is 0. The van der Waals surface area contributed by atoms with Crippen LogP contribution in [0.2, 0.25) is 0 Å². The standard InChI is InChI=1S/C12H8Cl4N4OS2/c13-4-9(21)19-10(12(14,15)16)20-11-18-7-2-1-6(22-5-17)3-8(7)23-11/h1-3,10H,4H2,(H,18,20)(H,19,21)/t10-/m1/s1. The number of amides is 1. The van der Waals surface area contributed by atoms with Crippen LogP contribution in [0.4, 0.5) is 5.13 Å². The van der Waals surface area contributed by atoms with Crippen molar-refractivity contribution in [2.45, 2.75) is 14.9 Å². The Morgan fingerprint density at radius 1 is 1.48 bits per heavy atom. The van der Waals surface area contributed by atoms with Gasteiger partial charge in [0.05, 0.1) is 10.2 Å².